The number of unbranched alkanes of at least 4 members (excludes halogenated alkanes) is 2. The summed E-state index contributed by atoms with van der Waals surface area (Å²) in [5.41, 5.74) is 16.0. The summed E-state index contributed by atoms with van der Waals surface area (Å²) in [6.45, 7) is -0.435. The van der Waals surface area contributed by atoms with Crippen molar-refractivity contribution in [2.24, 2.45) is 17.2 Å². The summed E-state index contributed by atoms with van der Waals surface area (Å²) in [6, 6.07) is -10.3. The largest absolute Gasteiger partial charge is 0.481 e. The highest BCUT2D eigenvalue weighted by atomic mass is 16.4. The predicted molar refractivity (Wildman–Crippen MR) is 207 cm³/mol. The minimum absolute atomic E-state index is 0.140. The Labute approximate surface area is 352 Å². The number of carbonyl (C=O) groups is 13. The van der Waals surface area contributed by atoms with Gasteiger partial charge in [0.05, 0.1) is 38.8 Å². The zero-order valence-corrected chi connectivity index (χ0v) is 33.7. The maximum Gasteiger partial charge on any atom is 0.305 e. The Hall–Kier alpha value is -6.97. The Kier molecular flexibility index (Phi) is 26.0. The molecule has 0 aliphatic rings. The summed E-state index contributed by atoms with van der Waals surface area (Å²) >= 11 is 0. The van der Waals surface area contributed by atoms with Gasteiger partial charge in [0.25, 0.3) is 0 Å². The quantitative estimate of drug-likeness (QED) is 0.0279. The fraction of sp³-hybridized carbons (Fsp3) is 0.618. The van der Waals surface area contributed by atoms with Crippen molar-refractivity contribution in [1.82, 2.24) is 42.5 Å². The van der Waals surface area contributed by atoms with Gasteiger partial charge in [0, 0.05) is 6.92 Å². The molecule has 0 aromatic carbocycles. The molecule has 0 aromatic heterocycles. The fourth-order valence-electron chi connectivity index (χ4n) is 5.23. The standard InChI is InChI=1S/C34H55N11O17/c1-16(46)40-21(12-27(53)54)33(61)42-17(6-2-4-8-35)31(59)45-20(11-26(51)52)30(58)39-15-24(48)41-22(13-28(55)56)34(62)43-18(7-3-5-9-36)32(60)44-19(10-25(49)50)29(57)38-14-23(37)47/h17-22H,2-15,35-36H2,1H3,(H2,37,47)(H,38,57)(H,39,58)(H,40,46)(H,41,48)(H,42,61)(H,43,62)(H,44,60)(H,45,59)(H,49,50)(H,51,52)(H,53,54)(H,55,56)/t17-,18-,19-,20-,21-,22-/m0/s1. The third-order valence-electron chi connectivity index (χ3n) is 8.15. The molecular weight excluding hydrogens is 834 g/mol. The van der Waals surface area contributed by atoms with E-state index in [2.05, 4.69) is 26.6 Å². The number of primary amides is 1. The molecule has 18 N–H and O–H groups in total. The molecule has 0 saturated carbocycles. The lowest BCUT2D eigenvalue weighted by molar-refractivity contribution is -0.142. The molecule has 9 amide bonds. The van der Waals surface area contributed by atoms with Gasteiger partial charge in [0.2, 0.25) is 53.2 Å². The Morgan fingerprint density at radius 3 is 1.05 bits per heavy atom. The number of carboxylic acid groups (broad SMARTS) is 4. The second-order valence-corrected chi connectivity index (χ2v) is 13.5. The maximum atomic E-state index is 13.3. The van der Waals surface area contributed by atoms with Gasteiger partial charge in [-0.05, 0) is 51.6 Å². The van der Waals surface area contributed by atoms with Crippen LogP contribution in [0.4, 0.5) is 0 Å². The van der Waals surface area contributed by atoms with Gasteiger partial charge in [-0.1, -0.05) is 0 Å². The molecule has 0 aliphatic carbocycles. The molecule has 0 bridgehead atoms. The van der Waals surface area contributed by atoms with Gasteiger partial charge in [-0.25, -0.2) is 0 Å². The van der Waals surface area contributed by atoms with Crippen LogP contribution < -0.4 is 59.7 Å². The lowest BCUT2D eigenvalue weighted by Crippen LogP contribution is -2.58. The van der Waals surface area contributed by atoms with Gasteiger partial charge in [-0.2, -0.15) is 0 Å². The van der Waals surface area contributed by atoms with Crippen LogP contribution in [0.3, 0.4) is 0 Å². The zero-order valence-electron chi connectivity index (χ0n) is 33.7. The van der Waals surface area contributed by atoms with E-state index < -0.39 is 152 Å². The number of nitrogens with two attached hydrogens (primary N) is 3. The third-order valence-corrected chi connectivity index (χ3v) is 8.15. The number of amides is 9. The number of carbonyl (C=O) groups excluding carboxylic acids is 9. The van der Waals surface area contributed by atoms with E-state index in [-0.39, 0.29) is 38.8 Å². The first-order valence-corrected chi connectivity index (χ1v) is 18.9. The number of hydrogen-bond donors (Lipinski definition) is 15. The molecule has 0 radical (unpaired) electrons. The number of carboxylic acids is 4. The predicted octanol–water partition coefficient (Wildman–Crippen LogP) is -7.21. The van der Waals surface area contributed by atoms with E-state index in [0.717, 1.165) is 6.92 Å². The lowest BCUT2D eigenvalue weighted by Gasteiger charge is -2.25. The summed E-state index contributed by atoms with van der Waals surface area (Å²) in [4.78, 5) is 160. The van der Waals surface area contributed by atoms with Gasteiger partial charge < -0.3 is 80.2 Å². The van der Waals surface area contributed by atoms with Crippen molar-refractivity contribution >= 4 is 77.0 Å². The molecule has 0 aromatic rings. The number of aliphatic carboxylic acids is 4. The van der Waals surface area contributed by atoms with Crippen LogP contribution in [0.25, 0.3) is 0 Å². The first-order valence-electron chi connectivity index (χ1n) is 18.9. The van der Waals surface area contributed by atoms with E-state index in [1.54, 1.807) is 0 Å². The average Bonchev–Trinajstić information content (AvgIpc) is 3.16. The highest BCUT2D eigenvalue weighted by molar-refractivity contribution is 5.99. The minimum Gasteiger partial charge on any atom is -0.481 e. The van der Waals surface area contributed by atoms with Gasteiger partial charge in [-0.3, -0.25) is 62.3 Å². The second kappa shape index (κ2) is 29.3. The minimum atomic E-state index is -1.94. The summed E-state index contributed by atoms with van der Waals surface area (Å²) in [5, 5.41) is 54.2. The molecule has 6 atom stereocenters. The molecule has 28 heteroatoms. The normalized spacial score (nSPS) is 13.5. The van der Waals surface area contributed by atoms with Crippen LogP contribution in [-0.4, -0.2) is 160 Å². The van der Waals surface area contributed by atoms with Crippen molar-refractivity contribution in [2.75, 3.05) is 26.2 Å². The topological polar surface area (TPSA) is 477 Å². The van der Waals surface area contributed by atoms with Crippen LogP contribution in [0.1, 0.15) is 71.1 Å². The SMILES string of the molecule is CC(=O)N[C@@H](CC(=O)O)C(=O)N[C@@H](CCCCN)C(=O)N[C@@H](CC(=O)O)C(=O)NCC(=O)N[C@@H](CC(=O)O)C(=O)N[C@@H](CCCCN)C(=O)N[C@@H](CC(=O)O)C(=O)NCC(N)=O. The van der Waals surface area contributed by atoms with Crippen LogP contribution >= 0.6 is 0 Å². The third kappa shape index (κ3) is 24.2. The first kappa shape index (κ1) is 55.0. The van der Waals surface area contributed by atoms with Gasteiger partial charge in [0.1, 0.15) is 36.3 Å². The molecule has 0 fully saturated rings. The van der Waals surface area contributed by atoms with Crippen molar-refractivity contribution in [1.29, 1.82) is 0 Å². The van der Waals surface area contributed by atoms with Crippen molar-refractivity contribution in [3.05, 3.63) is 0 Å². The maximum absolute atomic E-state index is 13.3. The molecule has 0 aliphatic heterocycles. The fourth-order valence-corrected chi connectivity index (χ4v) is 5.23. The lowest BCUT2D eigenvalue weighted by atomic mass is 10.1. The van der Waals surface area contributed by atoms with E-state index in [0.29, 0.717) is 12.8 Å². The Bertz CT molecular complexity index is 1640. The zero-order chi connectivity index (χ0) is 47.5. The van der Waals surface area contributed by atoms with Crippen molar-refractivity contribution in [3.8, 4) is 0 Å². The smallest absolute Gasteiger partial charge is 0.305 e. The van der Waals surface area contributed by atoms with Crippen molar-refractivity contribution in [3.63, 3.8) is 0 Å². The van der Waals surface area contributed by atoms with Crippen LogP contribution in [0, 0.1) is 0 Å². The van der Waals surface area contributed by atoms with Crippen molar-refractivity contribution in [2.45, 2.75) is 107 Å². The van der Waals surface area contributed by atoms with Crippen LogP contribution in [0.2, 0.25) is 0 Å². The molecule has 28 nitrogen and oxygen atoms in total. The molecular formula is C34H55N11O17. The van der Waals surface area contributed by atoms with Crippen LogP contribution in [0.5, 0.6) is 0 Å². The highest BCUT2D eigenvalue weighted by Crippen LogP contribution is 2.07. The first-order chi connectivity index (χ1) is 29.0. The van der Waals surface area contributed by atoms with Gasteiger partial charge in [0.15, 0.2) is 0 Å². The van der Waals surface area contributed by atoms with Crippen molar-refractivity contribution < 1.29 is 82.8 Å². The Balaban J connectivity index is 6.11. The Morgan fingerprint density at radius 2 is 0.726 bits per heavy atom. The molecule has 0 spiro atoms. The summed E-state index contributed by atoms with van der Waals surface area (Å²) < 4.78 is 0. The molecule has 0 saturated heterocycles. The van der Waals surface area contributed by atoms with Gasteiger partial charge in [-0.15, -0.1) is 0 Å². The van der Waals surface area contributed by atoms with E-state index in [1.165, 1.54) is 0 Å². The molecule has 0 unspecified atom stereocenters. The molecule has 0 heterocycles. The summed E-state index contributed by atoms with van der Waals surface area (Å²) in [7, 11) is 0. The van der Waals surface area contributed by atoms with Crippen LogP contribution in [-0.2, 0) is 62.3 Å². The number of nitrogens with one attached hydrogen (secondary N) is 8. The number of rotatable bonds is 32. The highest BCUT2D eigenvalue weighted by Gasteiger charge is 2.34. The summed E-state index contributed by atoms with van der Waals surface area (Å²) in [5.74, 6) is -16.3. The molecule has 0 rings (SSSR count). The van der Waals surface area contributed by atoms with Crippen LogP contribution in [0.15, 0.2) is 0 Å². The van der Waals surface area contributed by atoms with E-state index in [9.17, 15) is 77.6 Å². The second-order valence-electron chi connectivity index (χ2n) is 13.5. The Morgan fingerprint density at radius 1 is 0.419 bits per heavy atom. The summed E-state index contributed by atoms with van der Waals surface area (Å²) in [6.07, 6.45) is -3.31. The number of hydrogen-bond acceptors (Lipinski definition) is 15. The monoisotopic (exact) mass is 889 g/mol. The molecule has 62 heavy (non-hydrogen) atoms. The van der Waals surface area contributed by atoms with E-state index in [4.69, 9.17) is 22.3 Å². The van der Waals surface area contributed by atoms with E-state index >= 15 is 0 Å². The molecule has 348 valence electrons. The average molecular weight is 890 g/mol. The van der Waals surface area contributed by atoms with Gasteiger partial charge >= 0.3 is 23.9 Å². The van der Waals surface area contributed by atoms with E-state index in [1.807, 2.05) is 16.0 Å².